The molecule has 27 heavy (non-hydrogen) atoms. The summed E-state index contributed by atoms with van der Waals surface area (Å²) in [6.45, 7) is -0.818. The summed E-state index contributed by atoms with van der Waals surface area (Å²) >= 11 is 0. The topological polar surface area (TPSA) is 137 Å². The van der Waals surface area contributed by atoms with Gasteiger partial charge in [-0.05, 0) is 5.56 Å². The molecule has 144 valence electrons. The second-order valence-corrected chi connectivity index (χ2v) is 6.04. The van der Waals surface area contributed by atoms with Gasteiger partial charge in [0, 0.05) is 24.4 Å². The van der Waals surface area contributed by atoms with Crippen molar-refractivity contribution in [1.29, 1.82) is 0 Å². The molecule has 1 saturated heterocycles. The van der Waals surface area contributed by atoms with Crippen LogP contribution in [-0.4, -0.2) is 49.3 Å². The number of benzene rings is 1. The standard InChI is InChI=1S/C16H16FN3O7/c17-13-14(23)11(8-21)27-15(13)18-6-5-12(22)19(16(18)24)7-9-1-3-10(4-2-9)20(25)26/h1-6,11,13-15,21,23H,7-8H2/t11-,13+,14-,15-/m1/s1. The van der Waals surface area contributed by atoms with Crippen molar-refractivity contribution in [3.63, 3.8) is 0 Å². The van der Waals surface area contributed by atoms with Gasteiger partial charge in [-0.25, -0.2) is 9.18 Å². The average Bonchev–Trinajstić information content (AvgIpc) is 2.94. The maximum atomic E-state index is 14.3. The molecule has 0 aliphatic carbocycles. The van der Waals surface area contributed by atoms with E-state index in [-0.39, 0.29) is 12.2 Å². The van der Waals surface area contributed by atoms with Crippen LogP contribution in [0.15, 0.2) is 46.1 Å². The summed E-state index contributed by atoms with van der Waals surface area (Å²) in [5.41, 5.74) is -1.21. The van der Waals surface area contributed by atoms with Crippen LogP contribution in [0.2, 0.25) is 0 Å². The zero-order valence-corrected chi connectivity index (χ0v) is 13.8. The molecule has 4 atom stereocenters. The molecule has 1 aromatic heterocycles. The molecule has 0 amide bonds. The van der Waals surface area contributed by atoms with Crippen LogP contribution in [0, 0.1) is 10.1 Å². The number of ether oxygens (including phenoxy) is 1. The first-order chi connectivity index (χ1) is 12.8. The van der Waals surface area contributed by atoms with E-state index in [0.29, 0.717) is 5.56 Å². The van der Waals surface area contributed by atoms with Gasteiger partial charge in [-0.3, -0.25) is 24.0 Å². The molecule has 0 bridgehead atoms. The van der Waals surface area contributed by atoms with E-state index in [1.807, 2.05) is 0 Å². The molecule has 0 saturated carbocycles. The molecule has 2 aromatic rings. The minimum absolute atomic E-state index is 0.139. The normalized spacial score (nSPS) is 24.9. The van der Waals surface area contributed by atoms with E-state index in [9.17, 15) is 29.2 Å². The Balaban J connectivity index is 1.94. The lowest BCUT2D eigenvalue weighted by Crippen LogP contribution is -2.42. The Morgan fingerprint density at radius 3 is 2.44 bits per heavy atom. The van der Waals surface area contributed by atoms with Crippen LogP contribution in [0.3, 0.4) is 0 Å². The number of rotatable bonds is 5. The first-order valence-corrected chi connectivity index (χ1v) is 7.97. The third kappa shape index (κ3) is 3.52. The second-order valence-electron chi connectivity index (χ2n) is 6.04. The Kier molecular flexibility index (Phi) is 5.17. The molecule has 0 spiro atoms. The Labute approximate surface area is 150 Å². The fourth-order valence-electron chi connectivity index (χ4n) is 2.85. The Bertz CT molecular complexity index is 956. The van der Waals surface area contributed by atoms with E-state index in [4.69, 9.17) is 9.84 Å². The molecular weight excluding hydrogens is 365 g/mol. The van der Waals surface area contributed by atoms with E-state index < -0.39 is 47.4 Å². The monoisotopic (exact) mass is 381 g/mol. The fourth-order valence-corrected chi connectivity index (χ4v) is 2.85. The first-order valence-electron chi connectivity index (χ1n) is 7.97. The number of halogens is 1. The number of aliphatic hydroxyl groups excluding tert-OH is 2. The number of nitrogens with zero attached hydrogens (tertiary/aromatic N) is 3. The van der Waals surface area contributed by atoms with Crippen LogP contribution in [0.25, 0.3) is 0 Å². The second kappa shape index (κ2) is 7.39. The summed E-state index contributed by atoms with van der Waals surface area (Å²) in [5.74, 6) is 0. The van der Waals surface area contributed by atoms with Gasteiger partial charge in [-0.15, -0.1) is 0 Å². The van der Waals surface area contributed by atoms with Crippen LogP contribution in [0.1, 0.15) is 11.8 Å². The van der Waals surface area contributed by atoms with Crippen LogP contribution >= 0.6 is 0 Å². The lowest BCUT2D eigenvalue weighted by molar-refractivity contribution is -0.384. The fraction of sp³-hybridized carbons (Fsp3) is 0.375. The number of non-ortho nitro benzene ring substituents is 1. The largest absolute Gasteiger partial charge is 0.394 e. The number of aromatic nitrogens is 2. The average molecular weight is 381 g/mol. The van der Waals surface area contributed by atoms with Gasteiger partial charge in [0.1, 0.15) is 12.2 Å². The molecule has 2 heterocycles. The molecule has 10 nitrogen and oxygen atoms in total. The highest BCUT2D eigenvalue weighted by atomic mass is 19.1. The number of alkyl halides is 1. The molecule has 1 aliphatic heterocycles. The molecule has 1 fully saturated rings. The van der Waals surface area contributed by atoms with Gasteiger partial charge in [-0.1, -0.05) is 12.1 Å². The minimum Gasteiger partial charge on any atom is -0.394 e. The van der Waals surface area contributed by atoms with Crippen molar-refractivity contribution in [2.45, 2.75) is 31.2 Å². The number of hydrogen-bond acceptors (Lipinski definition) is 7. The highest BCUT2D eigenvalue weighted by Gasteiger charge is 2.45. The van der Waals surface area contributed by atoms with E-state index >= 15 is 0 Å². The van der Waals surface area contributed by atoms with Crippen LogP contribution in [-0.2, 0) is 11.3 Å². The highest BCUT2D eigenvalue weighted by Crippen LogP contribution is 2.30. The predicted molar refractivity (Wildman–Crippen MR) is 89.1 cm³/mol. The van der Waals surface area contributed by atoms with Crippen LogP contribution in [0.4, 0.5) is 10.1 Å². The highest BCUT2D eigenvalue weighted by molar-refractivity contribution is 5.32. The van der Waals surface area contributed by atoms with Crippen molar-refractivity contribution in [3.8, 4) is 0 Å². The van der Waals surface area contributed by atoms with Crippen molar-refractivity contribution in [1.82, 2.24) is 9.13 Å². The van der Waals surface area contributed by atoms with Gasteiger partial charge in [0.25, 0.3) is 11.2 Å². The lowest BCUT2D eigenvalue weighted by Gasteiger charge is -2.17. The van der Waals surface area contributed by atoms with Crippen LogP contribution in [0.5, 0.6) is 0 Å². The maximum absolute atomic E-state index is 14.3. The summed E-state index contributed by atoms with van der Waals surface area (Å²) in [6.07, 6.45) is -5.20. The summed E-state index contributed by atoms with van der Waals surface area (Å²) < 4.78 is 21.1. The number of hydrogen-bond donors (Lipinski definition) is 2. The smallest absolute Gasteiger partial charge is 0.333 e. The minimum atomic E-state index is -1.97. The molecule has 1 aromatic carbocycles. The van der Waals surface area contributed by atoms with Crippen molar-refractivity contribution < 1.29 is 24.3 Å². The molecule has 2 N–H and O–H groups in total. The van der Waals surface area contributed by atoms with Gasteiger partial charge in [0.05, 0.1) is 18.1 Å². The maximum Gasteiger partial charge on any atom is 0.333 e. The molecule has 0 unspecified atom stereocenters. The van der Waals surface area contributed by atoms with E-state index in [0.717, 1.165) is 21.4 Å². The molecule has 0 radical (unpaired) electrons. The molecule has 1 aliphatic rings. The summed E-state index contributed by atoms with van der Waals surface area (Å²) in [6, 6.07) is 6.32. The van der Waals surface area contributed by atoms with E-state index in [2.05, 4.69) is 0 Å². The number of nitro benzene ring substituents is 1. The predicted octanol–water partition coefficient (Wildman–Crippen LogP) is -0.445. The molecular formula is C16H16FN3O7. The van der Waals surface area contributed by atoms with Crippen molar-refractivity contribution in [2.24, 2.45) is 0 Å². The SMILES string of the molecule is O=c1ccn([C@@H]2O[C@H](CO)[C@@H](O)[C@@H]2F)c(=O)n1Cc1ccc([N+](=O)[O-])cc1. The van der Waals surface area contributed by atoms with Gasteiger partial charge < -0.3 is 14.9 Å². The molecule has 3 rings (SSSR count). The summed E-state index contributed by atoms with van der Waals surface area (Å²) in [7, 11) is 0. The lowest BCUT2D eigenvalue weighted by atomic mass is 10.1. The summed E-state index contributed by atoms with van der Waals surface area (Å²) in [5, 5.41) is 29.5. The Hall–Kier alpha value is -2.89. The third-order valence-corrected chi connectivity index (χ3v) is 4.33. The number of nitro groups is 1. The Morgan fingerprint density at radius 1 is 1.22 bits per heavy atom. The zero-order chi connectivity index (χ0) is 19.7. The summed E-state index contributed by atoms with van der Waals surface area (Å²) in [4.78, 5) is 34.8. The molecule has 11 heteroatoms. The van der Waals surface area contributed by atoms with Gasteiger partial charge in [0.2, 0.25) is 0 Å². The van der Waals surface area contributed by atoms with Gasteiger partial charge >= 0.3 is 5.69 Å². The van der Waals surface area contributed by atoms with Crippen molar-refractivity contribution >= 4 is 5.69 Å². The van der Waals surface area contributed by atoms with Crippen LogP contribution < -0.4 is 11.2 Å². The quantitative estimate of drug-likeness (QED) is 0.529. The Morgan fingerprint density at radius 2 is 1.89 bits per heavy atom. The van der Waals surface area contributed by atoms with Gasteiger partial charge in [0.15, 0.2) is 12.4 Å². The number of aliphatic hydroxyl groups is 2. The zero-order valence-electron chi connectivity index (χ0n) is 13.8. The van der Waals surface area contributed by atoms with Crippen molar-refractivity contribution in [2.75, 3.05) is 6.61 Å². The third-order valence-electron chi connectivity index (χ3n) is 4.33. The first kappa shape index (κ1) is 18.9. The van der Waals surface area contributed by atoms with E-state index in [1.165, 1.54) is 24.3 Å². The van der Waals surface area contributed by atoms with E-state index in [1.54, 1.807) is 0 Å². The van der Waals surface area contributed by atoms with Crippen molar-refractivity contribution in [3.05, 3.63) is 73.0 Å². The van der Waals surface area contributed by atoms with Gasteiger partial charge in [-0.2, -0.15) is 0 Å².